The van der Waals surface area contributed by atoms with E-state index >= 15 is 0 Å². The number of benzene rings is 1. The van der Waals surface area contributed by atoms with Crippen molar-refractivity contribution in [3.8, 4) is 5.75 Å². The minimum atomic E-state index is -0.353. The van der Waals surface area contributed by atoms with Crippen molar-refractivity contribution < 1.29 is 19.1 Å². The van der Waals surface area contributed by atoms with E-state index in [1.807, 2.05) is 24.3 Å². The molecule has 0 aliphatic rings. The zero-order valence-electron chi connectivity index (χ0n) is 13.1. The fourth-order valence-electron chi connectivity index (χ4n) is 1.81. The standard InChI is InChI=1S/C16H23NO4/c1-16(2,3)12-7-5-6-8-13(12)21-11-14(18)17-10-9-15(19)20-4/h5-8H,9-11H2,1-4H3,(H,17,18). The van der Waals surface area contributed by atoms with Crippen LogP contribution in [0.15, 0.2) is 24.3 Å². The monoisotopic (exact) mass is 293 g/mol. The van der Waals surface area contributed by atoms with Crippen LogP contribution in [0.5, 0.6) is 5.75 Å². The van der Waals surface area contributed by atoms with Crippen LogP contribution >= 0.6 is 0 Å². The first kappa shape index (κ1) is 17.0. The lowest BCUT2D eigenvalue weighted by molar-refractivity contribution is -0.140. The average Bonchev–Trinajstić information content (AvgIpc) is 2.44. The van der Waals surface area contributed by atoms with Crippen molar-refractivity contribution in [3.63, 3.8) is 0 Å². The molecule has 116 valence electrons. The highest BCUT2D eigenvalue weighted by Crippen LogP contribution is 2.30. The molecule has 0 saturated carbocycles. The molecule has 0 aromatic heterocycles. The molecule has 1 aromatic rings. The first-order valence-corrected chi connectivity index (χ1v) is 6.90. The van der Waals surface area contributed by atoms with Gasteiger partial charge in [-0.05, 0) is 17.0 Å². The van der Waals surface area contributed by atoms with Gasteiger partial charge in [-0.3, -0.25) is 9.59 Å². The highest BCUT2D eigenvalue weighted by Gasteiger charge is 2.18. The first-order chi connectivity index (χ1) is 9.84. The maximum Gasteiger partial charge on any atom is 0.307 e. The van der Waals surface area contributed by atoms with Gasteiger partial charge in [0.15, 0.2) is 6.61 Å². The lowest BCUT2D eigenvalue weighted by Crippen LogP contribution is -2.31. The smallest absolute Gasteiger partial charge is 0.307 e. The predicted molar refractivity (Wildman–Crippen MR) is 80.3 cm³/mol. The van der Waals surface area contributed by atoms with E-state index in [1.54, 1.807) is 0 Å². The quantitative estimate of drug-likeness (QED) is 0.815. The zero-order chi connectivity index (χ0) is 15.9. The SMILES string of the molecule is COC(=O)CCNC(=O)COc1ccccc1C(C)(C)C. The molecule has 0 spiro atoms. The Kier molecular flexibility index (Phi) is 6.21. The van der Waals surface area contributed by atoms with Gasteiger partial charge in [-0.15, -0.1) is 0 Å². The number of esters is 1. The summed E-state index contributed by atoms with van der Waals surface area (Å²) in [5.74, 6) is 0.0880. The molecule has 0 radical (unpaired) electrons. The number of hydrogen-bond donors (Lipinski definition) is 1. The number of amides is 1. The third-order valence-corrected chi connectivity index (χ3v) is 2.93. The summed E-state index contributed by atoms with van der Waals surface area (Å²) >= 11 is 0. The fourth-order valence-corrected chi connectivity index (χ4v) is 1.81. The molecule has 0 heterocycles. The minimum Gasteiger partial charge on any atom is -0.483 e. The number of para-hydroxylation sites is 1. The number of rotatable bonds is 6. The van der Waals surface area contributed by atoms with Crippen molar-refractivity contribution >= 4 is 11.9 Å². The Balaban J connectivity index is 2.49. The molecule has 0 aliphatic heterocycles. The number of hydrogen-bond acceptors (Lipinski definition) is 4. The van der Waals surface area contributed by atoms with Crippen LogP contribution in [0, 0.1) is 0 Å². The van der Waals surface area contributed by atoms with Gasteiger partial charge >= 0.3 is 5.97 Å². The molecule has 21 heavy (non-hydrogen) atoms. The maximum atomic E-state index is 11.7. The molecular formula is C16H23NO4. The molecule has 0 fully saturated rings. The zero-order valence-corrected chi connectivity index (χ0v) is 13.1. The van der Waals surface area contributed by atoms with Gasteiger partial charge in [0.05, 0.1) is 13.5 Å². The number of methoxy groups -OCH3 is 1. The van der Waals surface area contributed by atoms with Crippen LogP contribution < -0.4 is 10.1 Å². The van der Waals surface area contributed by atoms with Crippen LogP contribution in [0.3, 0.4) is 0 Å². The minimum absolute atomic E-state index is 0.0576. The van der Waals surface area contributed by atoms with Gasteiger partial charge in [0.25, 0.3) is 5.91 Å². The third kappa shape index (κ3) is 5.85. The van der Waals surface area contributed by atoms with Crippen LogP contribution in [0.4, 0.5) is 0 Å². The molecule has 1 amide bonds. The van der Waals surface area contributed by atoms with E-state index in [-0.39, 0.29) is 36.9 Å². The van der Waals surface area contributed by atoms with Crippen molar-refractivity contribution in [1.29, 1.82) is 0 Å². The first-order valence-electron chi connectivity index (χ1n) is 6.90. The molecule has 0 atom stereocenters. The van der Waals surface area contributed by atoms with Crippen LogP contribution in [-0.4, -0.2) is 32.1 Å². The van der Waals surface area contributed by atoms with E-state index in [0.29, 0.717) is 5.75 Å². The van der Waals surface area contributed by atoms with Gasteiger partial charge in [0, 0.05) is 6.54 Å². The molecule has 0 unspecified atom stereocenters. The van der Waals surface area contributed by atoms with Gasteiger partial charge in [0.2, 0.25) is 0 Å². The number of carbonyl (C=O) groups excluding carboxylic acids is 2. The average molecular weight is 293 g/mol. The summed E-state index contributed by atoms with van der Waals surface area (Å²) < 4.78 is 10.1. The molecule has 1 aromatic carbocycles. The number of ether oxygens (including phenoxy) is 2. The van der Waals surface area contributed by atoms with Gasteiger partial charge in [-0.1, -0.05) is 39.0 Å². The van der Waals surface area contributed by atoms with Crippen molar-refractivity contribution in [2.75, 3.05) is 20.3 Å². The fraction of sp³-hybridized carbons (Fsp3) is 0.500. The van der Waals surface area contributed by atoms with Crippen LogP contribution in [-0.2, 0) is 19.7 Å². The van der Waals surface area contributed by atoms with Crippen molar-refractivity contribution in [1.82, 2.24) is 5.32 Å². The molecular weight excluding hydrogens is 270 g/mol. The Bertz CT molecular complexity index is 491. The number of carbonyl (C=O) groups is 2. The highest BCUT2D eigenvalue weighted by molar-refractivity contribution is 5.78. The predicted octanol–water partition coefficient (Wildman–Crippen LogP) is 2.04. The van der Waals surface area contributed by atoms with E-state index in [9.17, 15) is 9.59 Å². The van der Waals surface area contributed by atoms with Crippen molar-refractivity contribution in [2.24, 2.45) is 0 Å². The molecule has 1 rings (SSSR count). The molecule has 1 N–H and O–H groups in total. The summed E-state index contributed by atoms with van der Waals surface area (Å²) in [5.41, 5.74) is 0.991. The van der Waals surface area contributed by atoms with E-state index in [0.717, 1.165) is 5.56 Å². The normalized spacial score (nSPS) is 10.9. The van der Waals surface area contributed by atoms with E-state index in [2.05, 4.69) is 30.8 Å². The maximum absolute atomic E-state index is 11.7. The molecule has 0 aliphatic carbocycles. The summed E-state index contributed by atoms with van der Waals surface area (Å²) in [6, 6.07) is 7.66. The molecule has 5 nitrogen and oxygen atoms in total. The van der Waals surface area contributed by atoms with Gasteiger partial charge in [-0.2, -0.15) is 0 Å². The Morgan fingerprint density at radius 1 is 1.19 bits per heavy atom. The highest BCUT2D eigenvalue weighted by atomic mass is 16.5. The lowest BCUT2D eigenvalue weighted by Gasteiger charge is -2.22. The topological polar surface area (TPSA) is 64.6 Å². The summed E-state index contributed by atoms with van der Waals surface area (Å²) in [6.07, 6.45) is 0.154. The summed E-state index contributed by atoms with van der Waals surface area (Å²) in [5, 5.41) is 2.61. The Labute approximate surface area is 125 Å². The van der Waals surface area contributed by atoms with Crippen molar-refractivity contribution in [3.05, 3.63) is 29.8 Å². The summed E-state index contributed by atoms with van der Waals surface area (Å²) in [7, 11) is 1.32. The second-order valence-electron chi connectivity index (χ2n) is 5.71. The van der Waals surface area contributed by atoms with Gasteiger partial charge in [0.1, 0.15) is 5.75 Å². The Morgan fingerprint density at radius 3 is 2.48 bits per heavy atom. The number of nitrogens with one attached hydrogen (secondary N) is 1. The molecule has 0 bridgehead atoms. The van der Waals surface area contributed by atoms with Crippen molar-refractivity contribution in [2.45, 2.75) is 32.6 Å². The van der Waals surface area contributed by atoms with Crippen LogP contribution in [0.2, 0.25) is 0 Å². The lowest BCUT2D eigenvalue weighted by atomic mass is 9.86. The summed E-state index contributed by atoms with van der Waals surface area (Å²) in [4.78, 5) is 22.6. The molecule has 5 heteroatoms. The van der Waals surface area contributed by atoms with Crippen LogP contribution in [0.1, 0.15) is 32.8 Å². The third-order valence-electron chi connectivity index (χ3n) is 2.93. The van der Waals surface area contributed by atoms with E-state index in [1.165, 1.54) is 7.11 Å². The Hall–Kier alpha value is -2.04. The Morgan fingerprint density at radius 2 is 1.86 bits per heavy atom. The van der Waals surface area contributed by atoms with E-state index in [4.69, 9.17) is 4.74 Å². The molecule has 0 saturated heterocycles. The van der Waals surface area contributed by atoms with Gasteiger partial charge < -0.3 is 14.8 Å². The second kappa shape index (κ2) is 7.67. The van der Waals surface area contributed by atoms with Gasteiger partial charge in [-0.25, -0.2) is 0 Å². The summed E-state index contributed by atoms with van der Waals surface area (Å²) in [6.45, 7) is 6.44. The largest absolute Gasteiger partial charge is 0.483 e. The second-order valence-corrected chi connectivity index (χ2v) is 5.71. The van der Waals surface area contributed by atoms with Crippen LogP contribution in [0.25, 0.3) is 0 Å². The van der Waals surface area contributed by atoms with E-state index < -0.39 is 0 Å².